The Kier molecular flexibility index (Phi) is 6.30. The molecule has 1 fully saturated rings. The molecule has 1 aliphatic rings. The molecule has 0 aliphatic heterocycles. The maximum Gasteiger partial charge on any atom is 0.127 e. The van der Waals surface area contributed by atoms with Crippen LogP contribution in [0.15, 0.2) is 54.6 Å². The van der Waals surface area contributed by atoms with Crippen LogP contribution < -0.4 is 10.1 Å². The van der Waals surface area contributed by atoms with Crippen molar-refractivity contribution in [2.75, 3.05) is 6.54 Å². The van der Waals surface area contributed by atoms with Gasteiger partial charge in [0.1, 0.15) is 11.5 Å². The van der Waals surface area contributed by atoms with E-state index in [1.807, 2.05) is 54.6 Å². The fourth-order valence-corrected chi connectivity index (χ4v) is 3.55. The molecule has 4 nitrogen and oxygen atoms in total. The van der Waals surface area contributed by atoms with E-state index >= 15 is 0 Å². The van der Waals surface area contributed by atoms with E-state index in [4.69, 9.17) is 4.74 Å². The minimum Gasteiger partial charge on any atom is -0.457 e. The van der Waals surface area contributed by atoms with Crippen LogP contribution in [0.5, 0.6) is 11.5 Å². The van der Waals surface area contributed by atoms with E-state index < -0.39 is 12.2 Å². The predicted molar refractivity (Wildman–Crippen MR) is 103 cm³/mol. The summed E-state index contributed by atoms with van der Waals surface area (Å²) in [5.41, 5.74) is 0.868. The summed E-state index contributed by atoms with van der Waals surface area (Å²) in [5, 5.41) is 24.4. The Hall–Kier alpha value is -1.88. The standard InChI is InChI=1S/C22H29NO3/c1-15(2)14-23-20-12-17(13-21(20)24)22(25)16-8-10-19(11-9-16)26-18-6-4-3-5-7-18/h3-11,15,17,20-25H,12-14H2,1-2H3/t17-,20+,21+,22?/m1/s1. The molecule has 0 radical (unpaired) electrons. The number of aliphatic hydroxyl groups excluding tert-OH is 2. The van der Waals surface area contributed by atoms with Crippen molar-refractivity contribution < 1.29 is 14.9 Å². The van der Waals surface area contributed by atoms with E-state index in [1.165, 1.54) is 0 Å². The van der Waals surface area contributed by atoms with Crippen molar-refractivity contribution in [1.82, 2.24) is 5.32 Å². The highest BCUT2D eigenvalue weighted by molar-refractivity contribution is 5.33. The van der Waals surface area contributed by atoms with Crippen molar-refractivity contribution in [2.45, 2.75) is 44.9 Å². The number of aliphatic hydroxyl groups is 2. The first kappa shape index (κ1) is 18.9. The molecule has 2 aromatic rings. The number of nitrogens with one attached hydrogen (secondary N) is 1. The fraction of sp³-hybridized carbons (Fsp3) is 0.455. The van der Waals surface area contributed by atoms with E-state index in [1.54, 1.807) is 0 Å². The third kappa shape index (κ3) is 4.85. The summed E-state index contributed by atoms with van der Waals surface area (Å²) >= 11 is 0. The monoisotopic (exact) mass is 355 g/mol. The Balaban J connectivity index is 1.58. The second kappa shape index (κ2) is 8.67. The Morgan fingerprint density at radius 2 is 1.65 bits per heavy atom. The van der Waals surface area contributed by atoms with Crippen molar-refractivity contribution in [3.8, 4) is 11.5 Å². The summed E-state index contributed by atoms with van der Waals surface area (Å²) in [6, 6.07) is 17.3. The molecule has 3 N–H and O–H groups in total. The average molecular weight is 355 g/mol. The molecule has 0 bridgehead atoms. The normalized spacial score (nSPS) is 24.0. The van der Waals surface area contributed by atoms with Crippen LogP contribution in [-0.2, 0) is 0 Å². The lowest BCUT2D eigenvalue weighted by atomic mass is 9.94. The van der Waals surface area contributed by atoms with Gasteiger partial charge in [0.2, 0.25) is 0 Å². The van der Waals surface area contributed by atoms with Gasteiger partial charge in [-0.05, 0) is 61.1 Å². The van der Waals surface area contributed by atoms with Crippen molar-refractivity contribution in [1.29, 1.82) is 0 Å². The van der Waals surface area contributed by atoms with Crippen molar-refractivity contribution in [2.24, 2.45) is 11.8 Å². The molecule has 4 heteroatoms. The van der Waals surface area contributed by atoms with Crippen molar-refractivity contribution in [3.63, 3.8) is 0 Å². The zero-order valence-electron chi connectivity index (χ0n) is 15.5. The minimum absolute atomic E-state index is 0.0653. The van der Waals surface area contributed by atoms with Crippen molar-refractivity contribution >= 4 is 0 Å². The van der Waals surface area contributed by atoms with Gasteiger partial charge in [0.15, 0.2) is 0 Å². The van der Waals surface area contributed by atoms with Crippen LogP contribution in [0.1, 0.15) is 38.4 Å². The molecule has 0 saturated heterocycles. The van der Waals surface area contributed by atoms with Gasteiger partial charge >= 0.3 is 0 Å². The van der Waals surface area contributed by atoms with Crippen LogP contribution >= 0.6 is 0 Å². The van der Waals surface area contributed by atoms with Gasteiger partial charge in [-0.2, -0.15) is 0 Å². The number of ether oxygens (including phenoxy) is 1. The first-order valence-corrected chi connectivity index (χ1v) is 9.45. The van der Waals surface area contributed by atoms with Crippen LogP contribution in [0.25, 0.3) is 0 Å². The summed E-state index contributed by atoms with van der Waals surface area (Å²) in [5.74, 6) is 2.15. The quantitative estimate of drug-likeness (QED) is 0.705. The number of hydrogen-bond acceptors (Lipinski definition) is 4. The van der Waals surface area contributed by atoms with Gasteiger partial charge in [-0.15, -0.1) is 0 Å². The van der Waals surface area contributed by atoms with Gasteiger partial charge in [-0.3, -0.25) is 0 Å². The smallest absolute Gasteiger partial charge is 0.127 e. The highest BCUT2D eigenvalue weighted by atomic mass is 16.5. The molecule has 3 rings (SSSR count). The molecule has 26 heavy (non-hydrogen) atoms. The lowest BCUT2D eigenvalue weighted by Crippen LogP contribution is -2.37. The van der Waals surface area contributed by atoms with Gasteiger partial charge in [-0.1, -0.05) is 44.2 Å². The molecule has 0 aromatic heterocycles. The van der Waals surface area contributed by atoms with Crippen molar-refractivity contribution in [3.05, 3.63) is 60.2 Å². The molecule has 140 valence electrons. The zero-order chi connectivity index (χ0) is 18.5. The lowest BCUT2D eigenvalue weighted by Gasteiger charge is -2.20. The summed E-state index contributed by atoms with van der Waals surface area (Å²) < 4.78 is 5.80. The molecule has 0 amide bonds. The Labute approximate surface area is 155 Å². The first-order valence-electron chi connectivity index (χ1n) is 9.45. The third-order valence-corrected chi connectivity index (χ3v) is 5.00. The van der Waals surface area contributed by atoms with Crippen LogP contribution in [0.2, 0.25) is 0 Å². The van der Waals surface area contributed by atoms with Crippen LogP contribution in [0, 0.1) is 11.8 Å². The van der Waals surface area contributed by atoms with Crippen LogP contribution in [-0.4, -0.2) is 28.9 Å². The van der Waals surface area contributed by atoms with Gasteiger partial charge in [0.05, 0.1) is 12.2 Å². The Morgan fingerprint density at radius 1 is 1.00 bits per heavy atom. The molecule has 1 saturated carbocycles. The topological polar surface area (TPSA) is 61.7 Å². The van der Waals surface area contributed by atoms with E-state index in [0.717, 1.165) is 30.0 Å². The number of benzene rings is 2. The summed E-state index contributed by atoms with van der Waals surface area (Å²) in [6.45, 7) is 5.19. The Morgan fingerprint density at radius 3 is 2.31 bits per heavy atom. The molecule has 1 unspecified atom stereocenters. The molecular formula is C22H29NO3. The van der Waals surface area contributed by atoms with E-state index in [9.17, 15) is 10.2 Å². The maximum absolute atomic E-state index is 10.7. The van der Waals surface area contributed by atoms with Gasteiger partial charge in [-0.25, -0.2) is 0 Å². The largest absolute Gasteiger partial charge is 0.457 e. The second-order valence-corrected chi connectivity index (χ2v) is 7.64. The highest BCUT2D eigenvalue weighted by Gasteiger charge is 2.36. The number of para-hydroxylation sites is 1. The molecule has 2 aromatic carbocycles. The maximum atomic E-state index is 10.7. The molecule has 0 heterocycles. The van der Waals surface area contributed by atoms with Crippen LogP contribution in [0.4, 0.5) is 0 Å². The average Bonchev–Trinajstić information content (AvgIpc) is 3.02. The summed E-state index contributed by atoms with van der Waals surface area (Å²) in [6.07, 6.45) is 0.451. The number of rotatable bonds is 7. The van der Waals surface area contributed by atoms with Gasteiger partial charge in [0, 0.05) is 6.04 Å². The number of hydrogen-bond donors (Lipinski definition) is 3. The summed E-state index contributed by atoms with van der Waals surface area (Å²) in [7, 11) is 0. The third-order valence-electron chi connectivity index (χ3n) is 5.00. The van der Waals surface area contributed by atoms with Gasteiger partial charge in [0.25, 0.3) is 0 Å². The molecule has 1 aliphatic carbocycles. The lowest BCUT2D eigenvalue weighted by molar-refractivity contribution is 0.0964. The van der Waals surface area contributed by atoms with E-state index in [2.05, 4.69) is 19.2 Å². The molecule has 0 spiro atoms. The molecular weight excluding hydrogens is 326 g/mol. The van der Waals surface area contributed by atoms with Crippen LogP contribution in [0.3, 0.4) is 0 Å². The zero-order valence-corrected chi connectivity index (χ0v) is 15.5. The van der Waals surface area contributed by atoms with E-state index in [0.29, 0.717) is 12.3 Å². The SMILES string of the molecule is CC(C)CN[C@H]1C[C@@H](C(O)c2ccc(Oc3ccccc3)cc2)C[C@@H]1O. The van der Waals surface area contributed by atoms with Gasteiger partial charge < -0.3 is 20.3 Å². The molecule has 4 atom stereocenters. The second-order valence-electron chi connectivity index (χ2n) is 7.64. The van der Waals surface area contributed by atoms with E-state index in [-0.39, 0.29) is 12.0 Å². The minimum atomic E-state index is -0.568. The Bertz CT molecular complexity index is 672. The predicted octanol–water partition coefficient (Wildman–Crippen LogP) is 3.90. The summed E-state index contributed by atoms with van der Waals surface area (Å²) in [4.78, 5) is 0. The fourth-order valence-electron chi connectivity index (χ4n) is 3.55. The highest BCUT2D eigenvalue weighted by Crippen LogP contribution is 2.37. The first-order chi connectivity index (χ1) is 12.5.